The minimum Gasteiger partial charge on any atom is -0.497 e. The molecular weight excluding hydrogens is 264 g/mol. The average Bonchev–Trinajstić information content (AvgIpc) is 2.64. The minimum absolute atomic E-state index is 0.164. The third kappa shape index (κ3) is 3.46. The van der Waals surface area contributed by atoms with Crippen molar-refractivity contribution in [2.45, 2.75) is 31.7 Å². The summed E-state index contributed by atoms with van der Waals surface area (Å²) in [5.74, 6) is 0.763. The summed E-state index contributed by atoms with van der Waals surface area (Å²) in [7, 11) is -2.05. The van der Waals surface area contributed by atoms with Crippen LogP contribution < -0.4 is 9.88 Å². The highest BCUT2D eigenvalue weighted by molar-refractivity contribution is 7.86. The molecule has 5 nitrogen and oxygen atoms in total. The van der Waals surface area contributed by atoms with E-state index in [9.17, 15) is 8.42 Å². The Bertz CT molecular complexity index is 513. The lowest BCUT2D eigenvalue weighted by Crippen LogP contribution is -2.39. The van der Waals surface area contributed by atoms with Gasteiger partial charge in [0.1, 0.15) is 5.75 Å². The highest BCUT2D eigenvalue weighted by Gasteiger charge is 2.29. The van der Waals surface area contributed by atoms with Crippen molar-refractivity contribution in [3.63, 3.8) is 0 Å². The first-order chi connectivity index (χ1) is 9.02. The van der Waals surface area contributed by atoms with Crippen molar-refractivity contribution in [1.82, 2.24) is 4.31 Å². The Morgan fingerprint density at radius 1 is 1.21 bits per heavy atom. The van der Waals surface area contributed by atoms with Crippen LogP contribution >= 0.6 is 0 Å². The zero-order chi connectivity index (χ0) is 13.9. The van der Waals surface area contributed by atoms with Gasteiger partial charge >= 0.3 is 0 Å². The van der Waals surface area contributed by atoms with Crippen LogP contribution in [-0.2, 0) is 10.2 Å². The summed E-state index contributed by atoms with van der Waals surface area (Å²) < 4.78 is 30.0. The van der Waals surface area contributed by atoms with Crippen LogP contribution in [-0.4, -0.2) is 26.4 Å². The zero-order valence-electron chi connectivity index (χ0n) is 11.1. The Hall–Kier alpha value is -1.11. The highest BCUT2D eigenvalue weighted by Crippen LogP contribution is 2.32. The molecular formula is C13H20N2O3S. The van der Waals surface area contributed by atoms with Crippen LogP contribution in [0, 0.1) is 0 Å². The molecule has 2 rings (SSSR count). The molecule has 1 atom stereocenters. The van der Waals surface area contributed by atoms with Crippen molar-refractivity contribution in [1.29, 1.82) is 0 Å². The molecule has 0 radical (unpaired) electrons. The average molecular weight is 284 g/mol. The summed E-state index contributed by atoms with van der Waals surface area (Å²) >= 11 is 0. The van der Waals surface area contributed by atoms with Gasteiger partial charge in [-0.1, -0.05) is 25.0 Å². The Morgan fingerprint density at radius 3 is 2.47 bits per heavy atom. The van der Waals surface area contributed by atoms with Crippen molar-refractivity contribution in [2.75, 3.05) is 13.7 Å². The van der Waals surface area contributed by atoms with Gasteiger partial charge < -0.3 is 4.74 Å². The summed E-state index contributed by atoms with van der Waals surface area (Å²) in [6, 6.07) is 7.35. The van der Waals surface area contributed by atoms with Gasteiger partial charge in [-0.05, 0) is 30.5 Å². The summed E-state index contributed by atoms with van der Waals surface area (Å²) in [5, 5.41) is 5.34. The molecule has 1 aliphatic heterocycles. The second-order valence-electron chi connectivity index (χ2n) is 4.79. The third-order valence-corrected chi connectivity index (χ3v) is 4.62. The maximum absolute atomic E-state index is 11.7. The molecule has 1 aliphatic rings. The van der Waals surface area contributed by atoms with E-state index >= 15 is 0 Å². The fraction of sp³-hybridized carbons (Fsp3) is 0.538. The van der Waals surface area contributed by atoms with E-state index in [2.05, 4.69) is 0 Å². The summed E-state index contributed by atoms with van der Waals surface area (Å²) in [4.78, 5) is 0. The number of nitrogens with two attached hydrogens (primary N) is 1. The predicted octanol–water partition coefficient (Wildman–Crippen LogP) is 1.82. The summed E-state index contributed by atoms with van der Waals surface area (Å²) in [6.45, 7) is 0.496. The molecule has 0 aromatic heterocycles. The second-order valence-corrected chi connectivity index (χ2v) is 6.29. The standard InChI is InChI=1S/C13H20N2O3S/c1-18-12-8-6-11(7-9-12)13-5-3-2-4-10-15(13)19(14,16)17/h6-9,13H,2-5,10H2,1H3,(H2,14,16,17)/t13-/m0/s1. The van der Waals surface area contributed by atoms with Crippen LogP contribution in [0.15, 0.2) is 24.3 Å². The topological polar surface area (TPSA) is 72.6 Å². The lowest BCUT2D eigenvalue weighted by atomic mass is 10.0. The molecule has 0 spiro atoms. The maximum Gasteiger partial charge on any atom is 0.277 e. The van der Waals surface area contributed by atoms with Gasteiger partial charge in [-0.3, -0.25) is 0 Å². The molecule has 0 aliphatic carbocycles. The fourth-order valence-electron chi connectivity index (χ4n) is 2.55. The zero-order valence-corrected chi connectivity index (χ0v) is 11.9. The molecule has 6 heteroatoms. The van der Waals surface area contributed by atoms with Crippen LogP contribution in [0.4, 0.5) is 0 Å². The number of rotatable bonds is 3. The van der Waals surface area contributed by atoms with E-state index in [0.717, 1.165) is 37.0 Å². The third-order valence-electron chi connectivity index (χ3n) is 3.53. The molecule has 1 aromatic rings. The number of nitrogens with zero attached hydrogens (tertiary/aromatic N) is 1. The highest BCUT2D eigenvalue weighted by atomic mass is 32.2. The van der Waals surface area contributed by atoms with E-state index in [1.54, 1.807) is 7.11 Å². The molecule has 19 heavy (non-hydrogen) atoms. The quantitative estimate of drug-likeness (QED) is 0.920. The monoisotopic (exact) mass is 284 g/mol. The van der Waals surface area contributed by atoms with E-state index in [4.69, 9.17) is 9.88 Å². The Labute approximate surface area is 114 Å². The van der Waals surface area contributed by atoms with E-state index in [1.165, 1.54) is 4.31 Å². The van der Waals surface area contributed by atoms with Crippen LogP contribution in [0.1, 0.15) is 37.3 Å². The molecule has 1 fully saturated rings. The van der Waals surface area contributed by atoms with Crippen molar-refractivity contribution < 1.29 is 13.2 Å². The Kier molecular flexibility index (Phi) is 4.44. The molecule has 2 N–H and O–H groups in total. The number of hydrogen-bond acceptors (Lipinski definition) is 3. The Balaban J connectivity index is 2.31. The minimum atomic E-state index is -3.66. The number of methoxy groups -OCH3 is 1. The fourth-order valence-corrected chi connectivity index (χ4v) is 3.51. The van der Waals surface area contributed by atoms with E-state index in [-0.39, 0.29) is 6.04 Å². The summed E-state index contributed by atoms with van der Waals surface area (Å²) in [6.07, 6.45) is 3.73. The number of hydrogen-bond donors (Lipinski definition) is 1. The van der Waals surface area contributed by atoms with Gasteiger partial charge in [0.15, 0.2) is 0 Å². The molecule has 0 unspecified atom stereocenters. The first-order valence-corrected chi connectivity index (χ1v) is 7.96. The van der Waals surface area contributed by atoms with Crippen molar-refractivity contribution >= 4 is 10.2 Å². The molecule has 1 saturated heterocycles. The molecule has 0 saturated carbocycles. The lowest BCUT2D eigenvalue weighted by Gasteiger charge is -2.27. The smallest absolute Gasteiger partial charge is 0.277 e. The number of ether oxygens (including phenoxy) is 1. The van der Waals surface area contributed by atoms with E-state index < -0.39 is 10.2 Å². The molecule has 106 valence electrons. The largest absolute Gasteiger partial charge is 0.497 e. The van der Waals surface area contributed by atoms with Gasteiger partial charge in [-0.2, -0.15) is 12.7 Å². The predicted molar refractivity (Wildman–Crippen MR) is 74.0 cm³/mol. The van der Waals surface area contributed by atoms with Crippen molar-refractivity contribution in [3.8, 4) is 5.75 Å². The van der Waals surface area contributed by atoms with Gasteiger partial charge in [0.25, 0.3) is 10.2 Å². The van der Waals surface area contributed by atoms with Gasteiger partial charge in [-0.15, -0.1) is 0 Å². The van der Waals surface area contributed by atoms with Crippen LogP contribution in [0.3, 0.4) is 0 Å². The maximum atomic E-state index is 11.7. The van der Waals surface area contributed by atoms with Gasteiger partial charge in [0.2, 0.25) is 0 Å². The van der Waals surface area contributed by atoms with Crippen molar-refractivity contribution in [2.24, 2.45) is 5.14 Å². The van der Waals surface area contributed by atoms with Gasteiger partial charge in [0.05, 0.1) is 13.2 Å². The molecule has 0 amide bonds. The van der Waals surface area contributed by atoms with E-state index in [0.29, 0.717) is 6.54 Å². The number of benzene rings is 1. The SMILES string of the molecule is COc1ccc([C@@H]2CCCCCN2S(N)(=O)=O)cc1. The van der Waals surface area contributed by atoms with Crippen LogP contribution in [0.25, 0.3) is 0 Å². The second kappa shape index (κ2) is 5.90. The first kappa shape index (κ1) is 14.3. The molecule has 1 aromatic carbocycles. The summed E-state index contributed by atoms with van der Waals surface area (Å²) in [5.41, 5.74) is 0.969. The van der Waals surface area contributed by atoms with Gasteiger partial charge in [-0.25, -0.2) is 5.14 Å². The van der Waals surface area contributed by atoms with Gasteiger partial charge in [0, 0.05) is 6.54 Å². The lowest BCUT2D eigenvalue weighted by molar-refractivity contribution is 0.329. The van der Waals surface area contributed by atoms with Crippen LogP contribution in [0.5, 0.6) is 5.75 Å². The molecule has 1 heterocycles. The van der Waals surface area contributed by atoms with Crippen LogP contribution in [0.2, 0.25) is 0 Å². The van der Waals surface area contributed by atoms with Crippen molar-refractivity contribution in [3.05, 3.63) is 29.8 Å². The molecule has 0 bridgehead atoms. The van der Waals surface area contributed by atoms with E-state index in [1.807, 2.05) is 24.3 Å². The first-order valence-electron chi connectivity index (χ1n) is 6.46. The normalized spacial score (nSPS) is 21.9. The Morgan fingerprint density at radius 2 is 1.89 bits per heavy atom.